The van der Waals surface area contributed by atoms with E-state index in [9.17, 15) is 4.79 Å². The van der Waals surface area contributed by atoms with Gasteiger partial charge in [-0.2, -0.15) is 0 Å². The maximum absolute atomic E-state index is 12.2. The first-order valence-corrected chi connectivity index (χ1v) is 6.32. The number of carbonyl (C=O) groups excluding carboxylic acids is 1. The molecule has 0 bridgehead atoms. The van der Waals surface area contributed by atoms with Crippen LogP contribution in [0.2, 0.25) is 0 Å². The topological polar surface area (TPSA) is 54.3 Å². The summed E-state index contributed by atoms with van der Waals surface area (Å²) in [5.74, 6) is -0.0353. The molecule has 0 atom stereocenters. The highest BCUT2D eigenvalue weighted by molar-refractivity contribution is 6.05. The smallest absolute Gasteiger partial charge is 0.255 e. The molecule has 1 saturated heterocycles. The van der Waals surface area contributed by atoms with Gasteiger partial charge in [-0.05, 0) is 32.0 Å². The van der Waals surface area contributed by atoms with Crippen LogP contribution in [0.15, 0.2) is 34.9 Å². The summed E-state index contributed by atoms with van der Waals surface area (Å²) in [6.45, 7) is 1.94. The van der Waals surface area contributed by atoms with Crippen molar-refractivity contribution in [2.45, 2.75) is 18.9 Å². The number of amides is 1. The van der Waals surface area contributed by atoms with Gasteiger partial charge >= 0.3 is 0 Å². The molecule has 1 aliphatic heterocycles. The normalized spacial score (nSPS) is 16.0. The third kappa shape index (κ3) is 2.91. The first-order chi connectivity index (χ1) is 8.84. The van der Waals surface area contributed by atoms with Crippen LogP contribution in [0.25, 0.3) is 11.0 Å². The summed E-state index contributed by atoms with van der Waals surface area (Å²) in [6.07, 6.45) is 3.52. The van der Waals surface area contributed by atoms with Crippen LogP contribution in [0.4, 0.5) is 0 Å². The first-order valence-electron chi connectivity index (χ1n) is 6.32. The lowest BCUT2D eigenvalue weighted by Gasteiger charge is -2.23. The number of benzene rings is 1. The zero-order chi connectivity index (χ0) is 12.4. The molecule has 1 aliphatic rings. The van der Waals surface area contributed by atoms with Crippen molar-refractivity contribution in [2.24, 2.45) is 0 Å². The Kier molecular flexibility index (Phi) is 4.45. The third-order valence-corrected chi connectivity index (χ3v) is 3.40. The van der Waals surface area contributed by atoms with Crippen LogP contribution in [-0.2, 0) is 0 Å². The van der Waals surface area contributed by atoms with Gasteiger partial charge in [0, 0.05) is 11.4 Å². The Bertz CT molecular complexity index is 561. The number of fused-ring (bicyclic) bond motifs is 1. The molecule has 0 aliphatic carbocycles. The number of hydrogen-bond donors (Lipinski definition) is 2. The Morgan fingerprint density at radius 2 is 2.00 bits per heavy atom. The summed E-state index contributed by atoms with van der Waals surface area (Å²) in [6, 6.07) is 7.87. The third-order valence-electron chi connectivity index (χ3n) is 3.40. The van der Waals surface area contributed by atoms with Crippen LogP contribution in [0.1, 0.15) is 23.2 Å². The van der Waals surface area contributed by atoms with E-state index in [0.29, 0.717) is 5.56 Å². The molecule has 2 aromatic rings. The molecule has 1 aromatic heterocycles. The molecule has 2 heterocycles. The van der Waals surface area contributed by atoms with Gasteiger partial charge < -0.3 is 15.1 Å². The summed E-state index contributed by atoms with van der Waals surface area (Å²) in [7, 11) is 0. The summed E-state index contributed by atoms with van der Waals surface area (Å²) >= 11 is 0. The van der Waals surface area contributed by atoms with Gasteiger partial charge in [-0.1, -0.05) is 18.2 Å². The minimum absolute atomic E-state index is 0. The van der Waals surface area contributed by atoms with Crippen LogP contribution in [-0.4, -0.2) is 25.0 Å². The fraction of sp³-hybridized carbons (Fsp3) is 0.357. The molecule has 5 heteroatoms. The van der Waals surface area contributed by atoms with Gasteiger partial charge in [-0.3, -0.25) is 4.79 Å². The molecule has 1 aromatic carbocycles. The van der Waals surface area contributed by atoms with Gasteiger partial charge in [0.25, 0.3) is 5.91 Å². The molecule has 1 amide bonds. The van der Waals surface area contributed by atoms with Crippen molar-refractivity contribution in [3.05, 3.63) is 36.1 Å². The average Bonchev–Trinajstić information content (AvgIpc) is 2.84. The molecule has 4 nitrogen and oxygen atoms in total. The molecule has 102 valence electrons. The van der Waals surface area contributed by atoms with Crippen molar-refractivity contribution in [1.82, 2.24) is 10.6 Å². The molecule has 19 heavy (non-hydrogen) atoms. The quantitative estimate of drug-likeness (QED) is 0.888. The second-order valence-electron chi connectivity index (χ2n) is 4.64. The van der Waals surface area contributed by atoms with Gasteiger partial charge in [0.1, 0.15) is 11.8 Å². The Morgan fingerprint density at radius 1 is 1.26 bits per heavy atom. The number of nitrogens with one attached hydrogen (secondary N) is 2. The average molecular weight is 281 g/mol. The largest absolute Gasteiger partial charge is 0.463 e. The van der Waals surface area contributed by atoms with E-state index < -0.39 is 0 Å². The number of furan rings is 1. The molecule has 0 spiro atoms. The van der Waals surface area contributed by atoms with Crippen molar-refractivity contribution in [2.75, 3.05) is 13.1 Å². The fourth-order valence-electron chi connectivity index (χ4n) is 2.38. The number of rotatable bonds is 2. The number of piperidine rings is 1. The van der Waals surface area contributed by atoms with Crippen LogP contribution in [0.3, 0.4) is 0 Å². The molecule has 2 N–H and O–H groups in total. The lowest BCUT2D eigenvalue weighted by atomic mass is 10.1. The van der Waals surface area contributed by atoms with E-state index in [-0.39, 0.29) is 24.4 Å². The maximum atomic E-state index is 12.2. The highest BCUT2D eigenvalue weighted by atomic mass is 35.5. The monoisotopic (exact) mass is 280 g/mol. The molecular formula is C14H17ClN2O2. The van der Waals surface area contributed by atoms with Crippen molar-refractivity contribution >= 4 is 29.3 Å². The van der Waals surface area contributed by atoms with E-state index in [1.807, 2.05) is 24.3 Å². The number of carbonyl (C=O) groups is 1. The number of para-hydroxylation sites is 1. The highest BCUT2D eigenvalue weighted by Crippen LogP contribution is 2.20. The fourth-order valence-corrected chi connectivity index (χ4v) is 2.38. The predicted octanol–water partition coefficient (Wildman–Crippen LogP) is 2.34. The van der Waals surface area contributed by atoms with E-state index in [2.05, 4.69) is 10.6 Å². The van der Waals surface area contributed by atoms with E-state index >= 15 is 0 Å². The second-order valence-corrected chi connectivity index (χ2v) is 4.64. The number of hydrogen-bond acceptors (Lipinski definition) is 3. The molecule has 3 rings (SSSR count). The lowest BCUT2D eigenvalue weighted by molar-refractivity contribution is 0.0930. The molecule has 1 fully saturated rings. The molecule has 0 radical (unpaired) electrons. The molecule has 0 saturated carbocycles. The minimum atomic E-state index is -0.0353. The summed E-state index contributed by atoms with van der Waals surface area (Å²) < 4.78 is 5.39. The first kappa shape index (κ1) is 13.9. The van der Waals surface area contributed by atoms with Crippen LogP contribution in [0.5, 0.6) is 0 Å². The SMILES string of the molecule is Cl.O=C(NC1CCNCC1)c1coc2ccccc12. The summed E-state index contributed by atoms with van der Waals surface area (Å²) in [4.78, 5) is 12.2. The summed E-state index contributed by atoms with van der Waals surface area (Å²) in [5, 5.41) is 7.24. The van der Waals surface area contributed by atoms with Crippen LogP contribution in [0, 0.1) is 0 Å². The van der Waals surface area contributed by atoms with Crippen LogP contribution < -0.4 is 10.6 Å². The minimum Gasteiger partial charge on any atom is -0.463 e. The Labute approximate surface area is 118 Å². The Balaban J connectivity index is 0.00000133. The van der Waals surface area contributed by atoms with E-state index in [1.54, 1.807) is 6.26 Å². The predicted molar refractivity (Wildman–Crippen MR) is 76.8 cm³/mol. The van der Waals surface area contributed by atoms with Gasteiger partial charge in [0.2, 0.25) is 0 Å². The van der Waals surface area contributed by atoms with Gasteiger partial charge in [-0.25, -0.2) is 0 Å². The highest BCUT2D eigenvalue weighted by Gasteiger charge is 2.19. The van der Waals surface area contributed by atoms with E-state index in [0.717, 1.165) is 36.9 Å². The van der Waals surface area contributed by atoms with Crippen molar-refractivity contribution < 1.29 is 9.21 Å². The maximum Gasteiger partial charge on any atom is 0.255 e. The van der Waals surface area contributed by atoms with E-state index in [4.69, 9.17) is 4.42 Å². The Hall–Kier alpha value is -1.52. The van der Waals surface area contributed by atoms with Crippen molar-refractivity contribution in [3.8, 4) is 0 Å². The van der Waals surface area contributed by atoms with E-state index in [1.165, 1.54) is 0 Å². The zero-order valence-corrected chi connectivity index (χ0v) is 11.3. The van der Waals surface area contributed by atoms with Crippen LogP contribution >= 0.6 is 12.4 Å². The standard InChI is InChI=1S/C14H16N2O2.ClH/c17-14(16-10-5-7-15-8-6-10)12-9-18-13-4-2-1-3-11(12)13;/h1-4,9-10,15H,5-8H2,(H,16,17);1H. The van der Waals surface area contributed by atoms with Gasteiger partial charge in [0.15, 0.2) is 0 Å². The molecular weight excluding hydrogens is 264 g/mol. The lowest BCUT2D eigenvalue weighted by Crippen LogP contribution is -2.42. The Morgan fingerprint density at radius 3 is 2.79 bits per heavy atom. The van der Waals surface area contributed by atoms with Crippen molar-refractivity contribution in [3.63, 3.8) is 0 Å². The van der Waals surface area contributed by atoms with Gasteiger partial charge in [-0.15, -0.1) is 12.4 Å². The summed E-state index contributed by atoms with van der Waals surface area (Å²) in [5.41, 5.74) is 1.39. The molecule has 0 unspecified atom stereocenters. The van der Waals surface area contributed by atoms with Gasteiger partial charge in [0.05, 0.1) is 5.56 Å². The zero-order valence-electron chi connectivity index (χ0n) is 10.5. The van der Waals surface area contributed by atoms with Crippen molar-refractivity contribution in [1.29, 1.82) is 0 Å². The number of halogens is 1. The second kappa shape index (κ2) is 6.08.